The average Bonchev–Trinajstić information content (AvgIpc) is 3.46. The van der Waals surface area contributed by atoms with Crippen molar-refractivity contribution in [2.75, 3.05) is 6.61 Å². The van der Waals surface area contributed by atoms with Crippen LogP contribution in [0, 0.1) is 0 Å². The maximum atomic E-state index is 5.62. The monoisotopic (exact) mass is 472 g/mol. The molecule has 34 heavy (non-hydrogen) atoms. The van der Waals surface area contributed by atoms with Gasteiger partial charge in [-0.15, -0.1) is 25.0 Å². The SMILES string of the molecule is CCOc1ccc(-n2c(Sc3ccc4nnnn4n3)nnc2-c2ccc(C(C)(C)C)cc2)cc1. The Kier molecular flexibility index (Phi) is 5.74. The van der Waals surface area contributed by atoms with Crippen LogP contribution in [0.4, 0.5) is 0 Å². The third kappa shape index (κ3) is 4.36. The number of ether oxygens (including phenoxy) is 1. The van der Waals surface area contributed by atoms with Crippen molar-refractivity contribution in [2.24, 2.45) is 0 Å². The zero-order valence-corrected chi connectivity index (χ0v) is 20.2. The Morgan fingerprint density at radius 3 is 2.35 bits per heavy atom. The summed E-state index contributed by atoms with van der Waals surface area (Å²) in [5.74, 6) is 1.56. The predicted molar refractivity (Wildman–Crippen MR) is 129 cm³/mol. The first kappa shape index (κ1) is 22.0. The minimum absolute atomic E-state index is 0.0723. The van der Waals surface area contributed by atoms with Crippen LogP contribution in [0.1, 0.15) is 33.3 Å². The van der Waals surface area contributed by atoms with Gasteiger partial charge in [-0.25, -0.2) is 0 Å². The van der Waals surface area contributed by atoms with Crippen molar-refractivity contribution >= 4 is 17.4 Å². The van der Waals surface area contributed by atoms with Crippen LogP contribution in [-0.4, -0.2) is 46.6 Å². The molecule has 0 N–H and O–H groups in total. The van der Waals surface area contributed by atoms with Gasteiger partial charge in [-0.2, -0.15) is 0 Å². The van der Waals surface area contributed by atoms with E-state index < -0.39 is 0 Å². The van der Waals surface area contributed by atoms with Gasteiger partial charge in [0.25, 0.3) is 0 Å². The van der Waals surface area contributed by atoms with Gasteiger partial charge >= 0.3 is 0 Å². The van der Waals surface area contributed by atoms with Crippen LogP contribution in [0.2, 0.25) is 0 Å². The van der Waals surface area contributed by atoms with Crippen molar-refractivity contribution in [3.8, 4) is 22.8 Å². The highest BCUT2D eigenvalue weighted by atomic mass is 32.2. The Morgan fingerprint density at radius 1 is 0.882 bits per heavy atom. The van der Waals surface area contributed by atoms with E-state index in [1.165, 1.54) is 22.0 Å². The van der Waals surface area contributed by atoms with E-state index >= 15 is 0 Å². The number of hydrogen-bond donors (Lipinski definition) is 0. The molecule has 0 unspecified atom stereocenters. The number of benzene rings is 2. The van der Waals surface area contributed by atoms with Crippen LogP contribution in [0.5, 0.6) is 5.75 Å². The first-order valence-corrected chi connectivity index (χ1v) is 11.8. The largest absolute Gasteiger partial charge is 0.494 e. The molecule has 0 spiro atoms. The zero-order valence-electron chi connectivity index (χ0n) is 19.4. The second-order valence-corrected chi connectivity index (χ2v) is 9.68. The van der Waals surface area contributed by atoms with Crippen LogP contribution in [0.25, 0.3) is 22.7 Å². The van der Waals surface area contributed by atoms with Crippen molar-refractivity contribution in [3.63, 3.8) is 0 Å². The highest BCUT2D eigenvalue weighted by Gasteiger charge is 2.19. The Morgan fingerprint density at radius 2 is 1.65 bits per heavy atom. The summed E-state index contributed by atoms with van der Waals surface area (Å²) in [6, 6.07) is 20.1. The average molecular weight is 473 g/mol. The second kappa shape index (κ2) is 8.86. The number of aromatic nitrogens is 8. The van der Waals surface area contributed by atoms with Crippen LogP contribution in [-0.2, 0) is 5.41 Å². The molecule has 0 radical (unpaired) electrons. The van der Waals surface area contributed by atoms with Gasteiger partial charge in [0.05, 0.1) is 12.3 Å². The van der Waals surface area contributed by atoms with Gasteiger partial charge in [0.1, 0.15) is 10.8 Å². The second-order valence-electron chi connectivity index (χ2n) is 8.70. The smallest absolute Gasteiger partial charge is 0.202 e. The summed E-state index contributed by atoms with van der Waals surface area (Å²) in [5.41, 5.74) is 3.82. The lowest BCUT2D eigenvalue weighted by Gasteiger charge is -2.19. The van der Waals surface area contributed by atoms with Gasteiger partial charge in [0.15, 0.2) is 11.5 Å². The van der Waals surface area contributed by atoms with Crippen LogP contribution in [0.15, 0.2) is 70.8 Å². The molecule has 0 aliphatic rings. The highest BCUT2D eigenvalue weighted by Crippen LogP contribution is 2.33. The molecule has 5 rings (SSSR count). The fraction of sp³-hybridized carbons (Fsp3) is 0.250. The number of hydrogen-bond acceptors (Lipinski definition) is 8. The third-order valence-electron chi connectivity index (χ3n) is 5.29. The molecule has 2 aromatic carbocycles. The molecule has 172 valence electrons. The van der Waals surface area contributed by atoms with E-state index in [0.29, 0.717) is 22.4 Å². The van der Waals surface area contributed by atoms with Gasteiger partial charge in [0, 0.05) is 5.56 Å². The van der Waals surface area contributed by atoms with E-state index in [2.05, 4.69) is 75.9 Å². The number of fused-ring (bicyclic) bond motifs is 1. The van der Waals surface area contributed by atoms with Gasteiger partial charge in [0.2, 0.25) is 5.16 Å². The summed E-state index contributed by atoms with van der Waals surface area (Å²) in [6.45, 7) is 9.19. The Labute approximate surface area is 201 Å². The molecule has 3 heterocycles. The fourth-order valence-corrected chi connectivity index (χ4v) is 4.32. The number of tetrazole rings is 1. The predicted octanol–water partition coefficient (Wildman–Crippen LogP) is 4.61. The Balaban J connectivity index is 1.57. The lowest BCUT2D eigenvalue weighted by molar-refractivity contribution is 0.340. The summed E-state index contributed by atoms with van der Waals surface area (Å²) in [6.07, 6.45) is 0. The van der Waals surface area contributed by atoms with Gasteiger partial charge in [-0.1, -0.05) is 45.0 Å². The van der Waals surface area contributed by atoms with Crippen molar-refractivity contribution in [1.29, 1.82) is 0 Å². The van der Waals surface area contributed by atoms with Crippen molar-refractivity contribution in [3.05, 3.63) is 66.2 Å². The lowest BCUT2D eigenvalue weighted by atomic mass is 9.87. The Bertz CT molecular complexity index is 1420. The zero-order chi connectivity index (χ0) is 23.7. The molecule has 0 atom stereocenters. The van der Waals surface area contributed by atoms with E-state index in [4.69, 9.17) is 4.74 Å². The maximum absolute atomic E-state index is 5.62. The molecular weight excluding hydrogens is 448 g/mol. The van der Waals surface area contributed by atoms with Crippen molar-refractivity contribution in [2.45, 2.75) is 43.3 Å². The van der Waals surface area contributed by atoms with Crippen molar-refractivity contribution in [1.82, 2.24) is 40.0 Å². The highest BCUT2D eigenvalue weighted by molar-refractivity contribution is 7.99. The van der Waals surface area contributed by atoms with Crippen LogP contribution < -0.4 is 4.74 Å². The van der Waals surface area contributed by atoms with Crippen molar-refractivity contribution < 1.29 is 4.74 Å². The molecule has 0 saturated carbocycles. The molecule has 0 aliphatic heterocycles. The van der Waals surface area contributed by atoms with E-state index in [0.717, 1.165) is 22.8 Å². The molecular formula is C24H24N8OS. The summed E-state index contributed by atoms with van der Waals surface area (Å²) in [5, 5.41) is 26.3. The summed E-state index contributed by atoms with van der Waals surface area (Å²) in [4.78, 5) is 0. The molecule has 10 heteroatoms. The summed E-state index contributed by atoms with van der Waals surface area (Å²) in [7, 11) is 0. The molecule has 5 aromatic rings. The maximum Gasteiger partial charge on any atom is 0.202 e. The normalized spacial score (nSPS) is 11.8. The summed E-state index contributed by atoms with van der Waals surface area (Å²) >= 11 is 1.40. The molecule has 0 fully saturated rings. The van der Waals surface area contributed by atoms with E-state index in [9.17, 15) is 0 Å². The molecule has 0 aliphatic carbocycles. The minimum atomic E-state index is 0.0723. The van der Waals surface area contributed by atoms with Crippen LogP contribution >= 0.6 is 11.8 Å². The topological polar surface area (TPSA) is 95.9 Å². The fourth-order valence-electron chi connectivity index (χ4n) is 3.51. The lowest BCUT2D eigenvalue weighted by Crippen LogP contribution is -2.10. The van der Waals surface area contributed by atoms with Gasteiger partial charge in [-0.05, 0) is 76.5 Å². The molecule has 0 bridgehead atoms. The summed E-state index contributed by atoms with van der Waals surface area (Å²) < 4.78 is 9.04. The molecule has 3 aromatic heterocycles. The first-order valence-electron chi connectivity index (χ1n) is 11.0. The number of nitrogens with zero attached hydrogens (tertiary/aromatic N) is 8. The third-order valence-corrected chi connectivity index (χ3v) is 6.16. The van der Waals surface area contributed by atoms with E-state index in [1.54, 1.807) is 0 Å². The molecule has 0 amide bonds. The van der Waals surface area contributed by atoms with Crippen LogP contribution in [0.3, 0.4) is 0 Å². The van der Waals surface area contributed by atoms with Gasteiger partial charge in [-0.3, -0.25) is 4.57 Å². The molecule has 9 nitrogen and oxygen atoms in total. The Hall–Kier alpha value is -3.79. The number of rotatable bonds is 6. The molecule has 0 saturated heterocycles. The van der Waals surface area contributed by atoms with E-state index in [-0.39, 0.29) is 5.41 Å². The van der Waals surface area contributed by atoms with Gasteiger partial charge < -0.3 is 4.74 Å². The first-order chi connectivity index (χ1) is 16.4. The standard InChI is InChI=1S/C24H24N8OS/c1-5-33-19-12-10-18(11-13-19)31-22(16-6-8-17(9-7-16)24(2,3)4)26-27-23(31)34-21-15-14-20-25-29-30-32(20)28-21/h6-15H,5H2,1-4H3. The minimum Gasteiger partial charge on any atom is -0.494 e. The van der Waals surface area contributed by atoms with E-state index in [1.807, 2.05) is 47.9 Å². The quantitative estimate of drug-likeness (QED) is 0.353.